The quantitative estimate of drug-likeness (QED) is 0.865. The number of carboxylic acids is 1. The third kappa shape index (κ3) is 2.79. The Balaban J connectivity index is 2.07. The highest BCUT2D eigenvalue weighted by Gasteiger charge is 2.32. The van der Waals surface area contributed by atoms with Crippen LogP contribution in [0.3, 0.4) is 0 Å². The van der Waals surface area contributed by atoms with Crippen molar-refractivity contribution in [2.24, 2.45) is 5.92 Å². The lowest BCUT2D eigenvalue weighted by molar-refractivity contribution is -0.127. The molecule has 1 atom stereocenters. The lowest BCUT2D eigenvalue weighted by Crippen LogP contribution is -2.25. The minimum Gasteiger partial charge on any atom is -0.478 e. The SMILES string of the molecule is Cc1cc(NC(=O)[C@@H]2CC(=O)N(C)C2)ccc1C(=O)O. The van der Waals surface area contributed by atoms with Gasteiger partial charge in [-0.05, 0) is 30.7 Å². The van der Waals surface area contributed by atoms with Gasteiger partial charge in [0.2, 0.25) is 11.8 Å². The van der Waals surface area contributed by atoms with E-state index in [9.17, 15) is 14.4 Å². The summed E-state index contributed by atoms with van der Waals surface area (Å²) in [5, 5.41) is 11.7. The van der Waals surface area contributed by atoms with Gasteiger partial charge in [-0.25, -0.2) is 4.79 Å². The van der Waals surface area contributed by atoms with E-state index < -0.39 is 5.97 Å². The molecule has 1 aliphatic heterocycles. The Morgan fingerprint density at radius 3 is 2.60 bits per heavy atom. The fourth-order valence-electron chi connectivity index (χ4n) is 2.26. The summed E-state index contributed by atoms with van der Waals surface area (Å²) >= 11 is 0. The number of hydrogen-bond donors (Lipinski definition) is 2. The van der Waals surface area contributed by atoms with Crippen LogP contribution in [0, 0.1) is 12.8 Å². The lowest BCUT2D eigenvalue weighted by atomic mass is 10.1. The third-order valence-corrected chi connectivity index (χ3v) is 3.44. The molecule has 1 aliphatic rings. The second-order valence-corrected chi connectivity index (χ2v) is 5.00. The van der Waals surface area contributed by atoms with E-state index in [4.69, 9.17) is 5.11 Å². The van der Waals surface area contributed by atoms with Gasteiger partial charge < -0.3 is 15.3 Å². The van der Waals surface area contributed by atoms with Crippen molar-refractivity contribution in [3.8, 4) is 0 Å². The average Bonchev–Trinajstić information content (AvgIpc) is 2.69. The fourth-order valence-corrected chi connectivity index (χ4v) is 2.26. The Kier molecular flexibility index (Phi) is 3.74. The number of amides is 2. The molecule has 1 fully saturated rings. The first-order valence-corrected chi connectivity index (χ1v) is 6.27. The van der Waals surface area contributed by atoms with Crippen LogP contribution in [0.1, 0.15) is 22.3 Å². The van der Waals surface area contributed by atoms with Crippen LogP contribution in [0.25, 0.3) is 0 Å². The Morgan fingerprint density at radius 2 is 2.10 bits per heavy atom. The molecule has 1 aromatic rings. The summed E-state index contributed by atoms with van der Waals surface area (Å²) in [6.07, 6.45) is 0.217. The number of aromatic carboxylic acids is 1. The number of aryl methyl sites for hydroxylation is 1. The number of likely N-dealkylation sites (tertiary alicyclic amines) is 1. The van der Waals surface area contributed by atoms with Gasteiger partial charge in [-0.3, -0.25) is 9.59 Å². The standard InChI is InChI=1S/C14H16N2O4/c1-8-5-10(3-4-11(8)14(19)20)15-13(18)9-6-12(17)16(2)7-9/h3-5,9H,6-7H2,1-2H3,(H,15,18)(H,19,20)/t9-/m1/s1. The summed E-state index contributed by atoms with van der Waals surface area (Å²) in [6, 6.07) is 4.62. The van der Waals surface area contributed by atoms with Gasteiger partial charge in [-0.1, -0.05) is 0 Å². The molecule has 2 amide bonds. The molecule has 0 radical (unpaired) electrons. The maximum atomic E-state index is 12.0. The molecular formula is C14H16N2O4. The van der Waals surface area contributed by atoms with Gasteiger partial charge in [0.1, 0.15) is 0 Å². The average molecular weight is 276 g/mol. The molecule has 2 rings (SSSR count). The maximum Gasteiger partial charge on any atom is 0.335 e. The van der Waals surface area contributed by atoms with Crippen LogP contribution in [0.4, 0.5) is 5.69 Å². The number of carbonyl (C=O) groups excluding carboxylic acids is 2. The molecule has 0 saturated carbocycles. The second-order valence-electron chi connectivity index (χ2n) is 5.00. The summed E-state index contributed by atoms with van der Waals surface area (Å²) < 4.78 is 0. The zero-order chi connectivity index (χ0) is 14.9. The van der Waals surface area contributed by atoms with Crippen LogP contribution < -0.4 is 5.32 Å². The first-order chi connectivity index (χ1) is 9.38. The zero-order valence-electron chi connectivity index (χ0n) is 11.3. The Morgan fingerprint density at radius 1 is 1.40 bits per heavy atom. The van der Waals surface area contributed by atoms with Crippen LogP contribution in [0.15, 0.2) is 18.2 Å². The first kappa shape index (κ1) is 14.0. The van der Waals surface area contributed by atoms with Crippen LogP contribution in [0.5, 0.6) is 0 Å². The number of hydrogen-bond acceptors (Lipinski definition) is 3. The van der Waals surface area contributed by atoms with Crippen molar-refractivity contribution in [3.63, 3.8) is 0 Å². The van der Waals surface area contributed by atoms with E-state index in [2.05, 4.69) is 5.32 Å². The predicted octanol–water partition coefficient (Wildman–Crippen LogP) is 1.11. The van der Waals surface area contributed by atoms with Crippen molar-refractivity contribution in [1.29, 1.82) is 0 Å². The number of nitrogens with zero attached hydrogens (tertiary/aromatic N) is 1. The molecule has 1 saturated heterocycles. The van der Waals surface area contributed by atoms with Gasteiger partial charge in [-0.15, -0.1) is 0 Å². The zero-order valence-corrected chi connectivity index (χ0v) is 11.3. The van der Waals surface area contributed by atoms with Crippen LogP contribution in [0.2, 0.25) is 0 Å². The van der Waals surface area contributed by atoms with Gasteiger partial charge in [0.05, 0.1) is 11.5 Å². The minimum atomic E-state index is -0.997. The molecule has 0 aliphatic carbocycles. The summed E-state index contributed by atoms with van der Waals surface area (Å²) in [5.74, 6) is -1.61. The van der Waals surface area contributed by atoms with Gasteiger partial charge in [0.15, 0.2) is 0 Å². The number of nitrogens with one attached hydrogen (secondary N) is 1. The lowest BCUT2D eigenvalue weighted by Gasteiger charge is -2.12. The second kappa shape index (κ2) is 5.32. The highest BCUT2D eigenvalue weighted by atomic mass is 16.4. The molecule has 20 heavy (non-hydrogen) atoms. The van der Waals surface area contributed by atoms with E-state index in [1.54, 1.807) is 26.1 Å². The number of benzene rings is 1. The van der Waals surface area contributed by atoms with E-state index in [0.717, 1.165) is 0 Å². The smallest absolute Gasteiger partial charge is 0.335 e. The number of carbonyl (C=O) groups is 3. The van der Waals surface area contributed by atoms with Crippen molar-refractivity contribution in [2.75, 3.05) is 18.9 Å². The van der Waals surface area contributed by atoms with Gasteiger partial charge in [-0.2, -0.15) is 0 Å². The van der Waals surface area contributed by atoms with Gasteiger partial charge in [0, 0.05) is 25.7 Å². The highest BCUT2D eigenvalue weighted by molar-refractivity contribution is 5.98. The molecule has 2 N–H and O–H groups in total. The molecule has 0 unspecified atom stereocenters. The molecule has 6 nitrogen and oxygen atoms in total. The third-order valence-electron chi connectivity index (χ3n) is 3.44. The van der Waals surface area contributed by atoms with Crippen molar-refractivity contribution in [2.45, 2.75) is 13.3 Å². The fraction of sp³-hybridized carbons (Fsp3) is 0.357. The summed E-state index contributed by atoms with van der Waals surface area (Å²) in [5.41, 5.74) is 1.33. The summed E-state index contributed by atoms with van der Waals surface area (Å²) in [6.45, 7) is 2.09. The van der Waals surface area contributed by atoms with Gasteiger partial charge in [0.25, 0.3) is 0 Å². The molecule has 0 aromatic heterocycles. The normalized spacial score (nSPS) is 18.2. The minimum absolute atomic E-state index is 0.0393. The molecule has 1 aromatic carbocycles. The van der Waals surface area contributed by atoms with E-state index in [-0.39, 0.29) is 29.7 Å². The maximum absolute atomic E-state index is 12.0. The number of carboxylic acid groups (broad SMARTS) is 1. The Bertz CT molecular complexity index is 583. The van der Waals surface area contributed by atoms with Crippen molar-refractivity contribution in [1.82, 2.24) is 4.90 Å². The van der Waals surface area contributed by atoms with E-state index in [1.165, 1.54) is 11.0 Å². The largest absolute Gasteiger partial charge is 0.478 e. The van der Waals surface area contributed by atoms with E-state index in [0.29, 0.717) is 17.8 Å². The van der Waals surface area contributed by atoms with E-state index >= 15 is 0 Å². The van der Waals surface area contributed by atoms with Gasteiger partial charge >= 0.3 is 5.97 Å². The van der Waals surface area contributed by atoms with E-state index in [1.807, 2.05) is 0 Å². The van der Waals surface area contributed by atoms with Crippen molar-refractivity contribution < 1.29 is 19.5 Å². The van der Waals surface area contributed by atoms with Crippen molar-refractivity contribution in [3.05, 3.63) is 29.3 Å². The predicted molar refractivity (Wildman–Crippen MR) is 72.5 cm³/mol. The summed E-state index contributed by atoms with van der Waals surface area (Å²) in [7, 11) is 1.67. The molecule has 106 valence electrons. The Labute approximate surface area is 116 Å². The van der Waals surface area contributed by atoms with Crippen LogP contribution in [-0.4, -0.2) is 41.4 Å². The molecule has 6 heteroatoms. The monoisotopic (exact) mass is 276 g/mol. The molecule has 0 spiro atoms. The topological polar surface area (TPSA) is 86.7 Å². The highest BCUT2D eigenvalue weighted by Crippen LogP contribution is 2.20. The molecule has 1 heterocycles. The molecule has 0 bridgehead atoms. The molecular weight excluding hydrogens is 260 g/mol. The van der Waals surface area contributed by atoms with Crippen molar-refractivity contribution >= 4 is 23.5 Å². The number of anilines is 1. The number of rotatable bonds is 3. The Hall–Kier alpha value is -2.37. The van der Waals surface area contributed by atoms with Crippen LogP contribution in [-0.2, 0) is 9.59 Å². The first-order valence-electron chi connectivity index (χ1n) is 6.27. The summed E-state index contributed by atoms with van der Waals surface area (Å²) in [4.78, 5) is 35.9. The van der Waals surface area contributed by atoms with Crippen LogP contribution >= 0.6 is 0 Å².